The van der Waals surface area contributed by atoms with E-state index in [1.54, 1.807) is 24.3 Å². The molecule has 0 aliphatic rings. The van der Waals surface area contributed by atoms with Crippen LogP contribution in [-0.4, -0.2) is 18.2 Å². The minimum atomic E-state index is -1.07. The molecule has 1 aromatic carbocycles. The van der Waals surface area contributed by atoms with Crippen LogP contribution in [0.1, 0.15) is 5.56 Å². The minimum Gasteiger partial charge on any atom is -0.503 e. The first-order chi connectivity index (χ1) is 6.66. The minimum absolute atomic E-state index is 0.0399. The van der Waals surface area contributed by atoms with Crippen molar-refractivity contribution in [3.8, 4) is 0 Å². The summed E-state index contributed by atoms with van der Waals surface area (Å²) in [6.45, 7) is 0. The number of carboxylic acids is 1. The maximum Gasteiger partial charge on any atom is 0.339 e. The molecule has 1 N–H and O–H groups in total. The summed E-state index contributed by atoms with van der Waals surface area (Å²) in [4.78, 5) is 10.8. The van der Waals surface area contributed by atoms with Crippen LogP contribution in [0.25, 0.3) is 5.57 Å². The van der Waals surface area contributed by atoms with E-state index in [4.69, 9.17) is 16.7 Å². The average Bonchev–Trinajstić information content (AvgIpc) is 2.15. The Balaban J connectivity index is 3.19. The summed E-state index contributed by atoms with van der Waals surface area (Å²) in [7, 11) is 1.39. The molecule has 14 heavy (non-hydrogen) atoms. The number of methoxy groups -OCH3 is 1. The predicted molar refractivity (Wildman–Crippen MR) is 54.1 cm³/mol. The van der Waals surface area contributed by atoms with Gasteiger partial charge >= 0.3 is 5.97 Å². The Morgan fingerprint density at radius 3 is 2.64 bits per heavy atom. The van der Waals surface area contributed by atoms with Crippen molar-refractivity contribution < 1.29 is 14.6 Å². The topological polar surface area (TPSA) is 46.5 Å². The molecule has 74 valence electrons. The fourth-order valence-corrected chi connectivity index (χ4v) is 1.26. The second-order valence-corrected chi connectivity index (χ2v) is 2.96. The van der Waals surface area contributed by atoms with Gasteiger partial charge in [0.05, 0.1) is 13.4 Å². The number of rotatable bonds is 3. The second-order valence-electron chi connectivity index (χ2n) is 2.55. The number of aliphatic carboxylic acids is 1. The lowest BCUT2D eigenvalue weighted by Crippen LogP contribution is -2.00. The summed E-state index contributed by atoms with van der Waals surface area (Å²) in [5.41, 5.74) is 0.488. The molecule has 0 aliphatic heterocycles. The van der Waals surface area contributed by atoms with Gasteiger partial charge in [-0.25, -0.2) is 4.79 Å². The van der Waals surface area contributed by atoms with Gasteiger partial charge in [0.2, 0.25) is 0 Å². The lowest BCUT2D eigenvalue weighted by Gasteiger charge is -2.03. The lowest BCUT2D eigenvalue weighted by molar-refractivity contribution is -0.130. The number of hydrogen-bond donors (Lipinski definition) is 1. The Morgan fingerprint density at radius 2 is 2.14 bits per heavy atom. The van der Waals surface area contributed by atoms with Gasteiger partial charge in [0.25, 0.3) is 0 Å². The van der Waals surface area contributed by atoms with Gasteiger partial charge in [0.15, 0.2) is 0 Å². The Labute approximate surface area is 86.6 Å². The summed E-state index contributed by atoms with van der Waals surface area (Å²) in [6.07, 6.45) is 1.16. The van der Waals surface area contributed by atoms with Crippen LogP contribution in [0.5, 0.6) is 0 Å². The Kier molecular flexibility index (Phi) is 3.54. The molecule has 0 heterocycles. The molecular weight excluding hydrogens is 204 g/mol. The summed E-state index contributed by atoms with van der Waals surface area (Å²) in [6, 6.07) is 6.70. The molecule has 1 aromatic rings. The van der Waals surface area contributed by atoms with E-state index in [0.717, 1.165) is 6.26 Å². The van der Waals surface area contributed by atoms with E-state index in [9.17, 15) is 4.79 Å². The Morgan fingerprint density at radius 1 is 1.50 bits per heavy atom. The molecule has 0 aromatic heterocycles. The summed E-state index contributed by atoms with van der Waals surface area (Å²) >= 11 is 5.84. The largest absolute Gasteiger partial charge is 0.503 e. The van der Waals surface area contributed by atoms with Crippen LogP contribution in [0.15, 0.2) is 30.5 Å². The zero-order chi connectivity index (χ0) is 10.6. The molecule has 3 nitrogen and oxygen atoms in total. The molecule has 0 spiro atoms. The molecule has 0 bridgehead atoms. The van der Waals surface area contributed by atoms with E-state index in [-0.39, 0.29) is 5.57 Å². The van der Waals surface area contributed by atoms with Gasteiger partial charge in [-0.2, -0.15) is 0 Å². The van der Waals surface area contributed by atoms with Crippen LogP contribution in [0.3, 0.4) is 0 Å². The van der Waals surface area contributed by atoms with E-state index >= 15 is 0 Å². The lowest BCUT2D eigenvalue weighted by atomic mass is 10.1. The third-order valence-electron chi connectivity index (χ3n) is 1.63. The normalized spacial score (nSPS) is 11.1. The van der Waals surface area contributed by atoms with Crippen LogP contribution < -0.4 is 0 Å². The molecule has 4 heteroatoms. The molecule has 1 rings (SSSR count). The first-order valence-corrected chi connectivity index (χ1v) is 4.25. The van der Waals surface area contributed by atoms with E-state index in [2.05, 4.69) is 4.74 Å². The third kappa shape index (κ3) is 2.26. The molecule has 0 unspecified atom stereocenters. The highest BCUT2D eigenvalue weighted by Gasteiger charge is 2.13. The Bertz CT molecular complexity index is 371. The molecular formula is C10H9ClO3. The van der Waals surface area contributed by atoms with Gasteiger partial charge < -0.3 is 9.84 Å². The van der Waals surface area contributed by atoms with Gasteiger partial charge in [-0.3, -0.25) is 0 Å². The third-order valence-corrected chi connectivity index (χ3v) is 1.96. The molecule has 0 atom stereocenters. The monoisotopic (exact) mass is 212 g/mol. The van der Waals surface area contributed by atoms with Gasteiger partial charge in [-0.15, -0.1) is 0 Å². The van der Waals surface area contributed by atoms with Crippen molar-refractivity contribution in [3.63, 3.8) is 0 Å². The van der Waals surface area contributed by atoms with Gasteiger partial charge in [-0.05, 0) is 6.07 Å². The van der Waals surface area contributed by atoms with Crippen molar-refractivity contribution in [1.82, 2.24) is 0 Å². The predicted octanol–water partition coefficient (Wildman–Crippen LogP) is 2.41. The molecule has 0 aliphatic carbocycles. The van der Waals surface area contributed by atoms with Gasteiger partial charge in [-0.1, -0.05) is 29.8 Å². The molecule has 0 radical (unpaired) electrons. The zero-order valence-electron chi connectivity index (χ0n) is 7.53. The van der Waals surface area contributed by atoms with Crippen LogP contribution in [0, 0.1) is 0 Å². The number of benzene rings is 1. The summed E-state index contributed by atoms with van der Waals surface area (Å²) < 4.78 is 4.67. The van der Waals surface area contributed by atoms with Crippen LogP contribution in [0.2, 0.25) is 5.02 Å². The van der Waals surface area contributed by atoms with E-state index in [0.29, 0.717) is 10.6 Å². The van der Waals surface area contributed by atoms with E-state index in [1.807, 2.05) is 0 Å². The van der Waals surface area contributed by atoms with Crippen LogP contribution >= 0.6 is 11.6 Å². The number of hydrogen-bond acceptors (Lipinski definition) is 2. The van der Waals surface area contributed by atoms with Crippen molar-refractivity contribution in [1.29, 1.82) is 0 Å². The second kappa shape index (κ2) is 4.67. The van der Waals surface area contributed by atoms with Gasteiger partial charge in [0, 0.05) is 10.6 Å². The van der Waals surface area contributed by atoms with Crippen LogP contribution in [-0.2, 0) is 9.53 Å². The molecule has 0 saturated heterocycles. The fourth-order valence-electron chi connectivity index (χ4n) is 1.03. The highest BCUT2D eigenvalue weighted by molar-refractivity contribution is 6.34. The number of halogens is 1. The van der Waals surface area contributed by atoms with Gasteiger partial charge in [0.1, 0.15) is 5.57 Å². The van der Waals surface area contributed by atoms with Crippen molar-refractivity contribution in [2.75, 3.05) is 7.11 Å². The number of carbonyl (C=O) groups is 1. The first kappa shape index (κ1) is 10.6. The summed E-state index contributed by atoms with van der Waals surface area (Å²) in [5.74, 6) is -1.07. The van der Waals surface area contributed by atoms with Crippen LogP contribution in [0.4, 0.5) is 0 Å². The van der Waals surface area contributed by atoms with E-state index < -0.39 is 5.97 Å². The van der Waals surface area contributed by atoms with Crippen molar-refractivity contribution in [2.45, 2.75) is 0 Å². The van der Waals surface area contributed by atoms with Crippen molar-refractivity contribution in [3.05, 3.63) is 41.1 Å². The molecule has 0 amide bonds. The maximum absolute atomic E-state index is 10.8. The molecule has 0 saturated carbocycles. The van der Waals surface area contributed by atoms with E-state index in [1.165, 1.54) is 7.11 Å². The Hall–Kier alpha value is -1.48. The SMILES string of the molecule is COC=C(C(=O)O)c1ccccc1Cl. The average molecular weight is 213 g/mol. The number of ether oxygens (including phenoxy) is 1. The highest BCUT2D eigenvalue weighted by atomic mass is 35.5. The fraction of sp³-hybridized carbons (Fsp3) is 0.100. The molecule has 0 fully saturated rings. The highest BCUT2D eigenvalue weighted by Crippen LogP contribution is 2.23. The maximum atomic E-state index is 10.8. The zero-order valence-corrected chi connectivity index (χ0v) is 8.28. The van der Waals surface area contributed by atoms with Crippen molar-refractivity contribution >= 4 is 23.1 Å². The van der Waals surface area contributed by atoms with Crippen molar-refractivity contribution in [2.24, 2.45) is 0 Å². The summed E-state index contributed by atoms with van der Waals surface area (Å²) in [5, 5.41) is 9.26. The quantitative estimate of drug-likeness (QED) is 0.618. The first-order valence-electron chi connectivity index (χ1n) is 3.88. The standard InChI is InChI=1S/C10H9ClO3/c1-14-6-8(10(12)13)7-4-2-3-5-9(7)11/h2-6H,1H3,(H,12,13). The smallest absolute Gasteiger partial charge is 0.339 e. The number of carboxylic acid groups (broad SMARTS) is 1.